The van der Waals surface area contributed by atoms with E-state index in [1.54, 1.807) is 13.3 Å². The second-order valence-corrected chi connectivity index (χ2v) is 6.39. The van der Waals surface area contributed by atoms with E-state index in [0.717, 1.165) is 31.5 Å². The number of likely N-dealkylation sites (tertiary alicyclic amines) is 1. The highest BCUT2D eigenvalue weighted by molar-refractivity contribution is 5.25. The Balaban J connectivity index is 1.77. The first-order valence-corrected chi connectivity index (χ1v) is 8.63. The molecular formula is C19H26N4O2. The maximum Gasteiger partial charge on any atom is 0.217 e. The lowest BCUT2D eigenvalue weighted by atomic mass is 10.0. The number of ether oxygens (including phenoxy) is 2. The SMILES string of the molecule is C=CCO[C@H]1CCN(Cc2cccnc2OC)[C@H]1Cc1cnn(C)c1. The van der Waals surface area contributed by atoms with Crippen LogP contribution in [0.25, 0.3) is 0 Å². The zero-order valence-electron chi connectivity index (χ0n) is 15.0. The van der Waals surface area contributed by atoms with Crippen molar-refractivity contribution in [2.24, 2.45) is 7.05 Å². The fraction of sp³-hybridized carbons (Fsp3) is 0.474. The molecule has 6 nitrogen and oxygen atoms in total. The fourth-order valence-electron chi connectivity index (χ4n) is 3.50. The van der Waals surface area contributed by atoms with Gasteiger partial charge in [-0.15, -0.1) is 6.58 Å². The maximum atomic E-state index is 6.03. The summed E-state index contributed by atoms with van der Waals surface area (Å²) >= 11 is 0. The van der Waals surface area contributed by atoms with Crippen LogP contribution in [-0.2, 0) is 24.8 Å². The van der Waals surface area contributed by atoms with Crippen molar-refractivity contribution in [3.63, 3.8) is 0 Å². The number of aryl methyl sites for hydroxylation is 1. The molecule has 0 saturated carbocycles. The van der Waals surface area contributed by atoms with E-state index in [-0.39, 0.29) is 6.10 Å². The van der Waals surface area contributed by atoms with E-state index in [1.807, 2.05) is 30.1 Å². The van der Waals surface area contributed by atoms with Crippen molar-refractivity contribution >= 4 is 0 Å². The zero-order valence-corrected chi connectivity index (χ0v) is 15.0. The van der Waals surface area contributed by atoms with Gasteiger partial charge in [0, 0.05) is 44.1 Å². The Kier molecular flexibility index (Phi) is 5.83. The fourth-order valence-corrected chi connectivity index (χ4v) is 3.50. The number of hydrogen-bond acceptors (Lipinski definition) is 5. The highest BCUT2D eigenvalue weighted by Gasteiger charge is 2.35. The number of rotatable bonds is 8. The van der Waals surface area contributed by atoms with Gasteiger partial charge in [-0.25, -0.2) is 4.98 Å². The Hall–Kier alpha value is -2.18. The molecule has 0 bridgehead atoms. The monoisotopic (exact) mass is 342 g/mol. The summed E-state index contributed by atoms with van der Waals surface area (Å²) in [5.74, 6) is 0.693. The molecule has 0 unspecified atom stereocenters. The minimum atomic E-state index is 0.195. The minimum absolute atomic E-state index is 0.195. The Morgan fingerprint density at radius 1 is 1.44 bits per heavy atom. The van der Waals surface area contributed by atoms with Crippen molar-refractivity contribution in [1.29, 1.82) is 0 Å². The third-order valence-electron chi connectivity index (χ3n) is 4.65. The number of hydrogen-bond donors (Lipinski definition) is 0. The Bertz CT molecular complexity index is 700. The van der Waals surface area contributed by atoms with E-state index in [0.29, 0.717) is 18.5 Å². The lowest BCUT2D eigenvalue weighted by Gasteiger charge is -2.28. The van der Waals surface area contributed by atoms with E-state index in [9.17, 15) is 0 Å². The van der Waals surface area contributed by atoms with Crippen molar-refractivity contribution in [2.75, 3.05) is 20.3 Å². The Morgan fingerprint density at radius 3 is 3.04 bits per heavy atom. The van der Waals surface area contributed by atoms with Crippen LogP contribution in [0.5, 0.6) is 5.88 Å². The van der Waals surface area contributed by atoms with E-state index in [2.05, 4.69) is 33.8 Å². The zero-order chi connectivity index (χ0) is 17.6. The molecule has 25 heavy (non-hydrogen) atoms. The Labute approximate surface area is 149 Å². The molecule has 3 heterocycles. The molecule has 0 amide bonds. The molecule has 134 valence electrons. The molecule has 2 aromatic heterocycles. The average molecular weight is 342 g/mol. The van der Waals surface area contributed by atoms with Crippen molar-refractivity contribution in [3.05, 3.63) is 54.5 Å². The maximum absolute atomic E-state index is 6.03. The predicted octanol–water partition coefficient (Wildman–Crippen LogP) is 2.21. The van der Waals surface area contributed by atoms with Gasteiger partial charge >= 0.3 is 0 Å². The van der Waals surface area contributed by atoms with Gasteiger partial charge in [0.25, 0.3) is 0 Å². The lowest BCUT2D eigenvalue weighted by molar-refractivity contribution is 0.0420. The van der Waals surface area contributed by atoms with Crippen LogP contribution >= 0.6 is 0 Å². The van der Waals surface area contributed by atoms with Gasteiger partial charge in [-0.2, -0.15) is 5.10 Å². The first-order chi connectivity index (χ1) is 12.2. The first kappa shape index (κ1) is 17.6. The van der Waals surface area contributed by atoms with Crippen molar-refractivity contribution in [3.8, 4) is 5.88 Å². The van der Waals surface area contributed by atoms with Gasteiger partial charge in [0.05, 0.1) is 26.0 Å². The summed E-state index contributed by atoms with van der Waals surface area (Å²) in [6.07, 6.45) is 9.71. The molecule has 1 fully saturated rings. The summed E-state index contributed by atoms with van der Waals surface area (Å²) < 4.78 is 13.3. The normalized spacial score (nSPS) is 20.7. The third-order valence-corrected chi connectivity index (χ3v) is 4.65. The summed E-state index contributed by atoms with van der Waals surface area (Å²) in [4.78, 5) is 6.77. The average Bonchev–Trinajstić information content (AvgIpc) is 3.20. The second kappa shape index (κ2) is 8.27. The quantitative estimate of drug-likeness (QED) is 0.689. The van der Waals surface area contributed by atoms with Gasteiger partial charge in [-0.1, -0.05) is 12.1 Å². The lowest BCUT2D eigenvalue weighted by Crippen LogP contribution is -2.38. The van der Waals surface area contributed by atoms with Crippen LogP contribution in [0.3, 0.4) is 0 Å². The predicted molar refractivity (Wildman–Crippen MR) is 96.5 cm³/mol. The second-order valence-electron chi connectivity index (χ2n) is 6.39. The van der Waals surface area contributed by atoms with Gasteiger partial charge in [0.15, 0.2) is 0 Å². The Morgan fingerprint density at radius 2 is 2.32 bits per heavy atom. The molecule has 0 N–H and O–H groups in total. The standard InChI is InChI=1S/C19H26N4O2/c1-4-10-25-18-7-9-23(14-16-6-5-8-20-19(16)24-3)17(18)11-15-12-21-22(2)13-15/h4-6,8,12-13,17-18H,1,7,9-11,14H2,2-3H3/t17-,18-/m0/s1. The van der Waals surface area contributed by atoms with Crippen molar-refractivity contribution in [2.45, 2.75) is 31.5 Å². The number of nitrogens with zero attached hydrogens (tertiary/aromatic N) is 4. The summed E-state index contributed by atoms with van der Waals surface area (Å²) in [6.45, 7) is 6.14. The molecule has 6 heteroatoms. The van der Waals surface area contributed by atoms with Crippen LogP contribution in [0.15, 0.2) is 43.4 Å². The molecule has 3 rings (SSSR count). The summed E-state index contributed by atoms with van der Waals surface area (Å²) in [5.41, 5.74) is 2.33. The smallest absolute Gasteiger partial charge is 0.217 e. The van der Waals surface area contributed by atoms with Crippen LogP contribution in [0.1, 0.15) is 17.5 Å². The molecule has 1 aliphatic rings. The molecule has 1 saturated heterocycles. The summed E-state index contributed by atoms with van der Waals surface area (Å²) in [5, 5.41) is 4.29. The highest BCUT2D eigenvalue weighted by Crippen LogP contribution is 2.28. The highest BCUT2D eigenvalue weighted by atomic mass is 16.5. The van der Waals surface area contributed by atoms with E-state index < -0.39 is 0 Å². The third kappa shape index (κ3) is 4.27. The van der Waals surface area contributed by atoms with E-state index in [4.69, 9.17) is 9.47 Å². The van der Waals surface area contributed by atoms with Gasteiger partial charge in [0.1, 0.15) is 0 Å². The van der Waals surface area contributed by atoms with Crippen molar-refractivity contribution in [1.82, 2.24) is 19.7 Å². The van der Waals surface area contributed by atoms with E-state index in [1.165, 1.54) is 5.56 Å². The van der Waals surface area contributed by atoms with Gasteiger partial charge < -0.3 is 9.47 Å². The van der Waals surface area contributed by atoms with E-state index >= 15 is 0 Å². The van der Waals surface area contributed by atoms with Crippen LogP contribution in [0, 0.1) is 0 Å². The molecule has 2 atom stereocenters. The van der Waals surface area contributed by atoms with Crippen LogP contribution in [-0.4, -0.2) is 52.1 Å². The largest absolute Gasteiger partial charge is 0.481 e. The first-order valence-electron chi connectivity index (χ1n) is 8.63. The molecule has 0 aliphatic carbocycles. The number of methoxy groups -OCH3 is 1. The molecule has 1 aliphatic heterocycles. The number of pyridine rings is 1. The van der Waals surface area contributed by atoms with Gasteiger partial charge in [0.2, 0.25) is 5.88 Å². The summed E-state index contributed by atoms with van der Waals surface area (Å²) in [6, 6.07) is 4.33. The molecule has 0 aromatic carbocycles. The molecule has 0 spiro atoms. The molecule has 0 radical (unpaired) electrons. The van der Waals surface area contributed by atoms with Crippen LogP contribution in [0.2, 0.25) is 0 Å². The molecule has 2 aromatic rings. The molecular weight excluding hydrogens is 316 g/mol. The van der Waals surface area contributed by atoms with Crippen LogP contribution in [0.4, 0.5) is 0 Å². The van der Waals surface area contributed by atoms with Crippen LogP contribution < -0.4 is 4.74 Å². The van der Waals surface area contributed by atoms with Crippen molar-refractivity contribution < 1.29 is 9.47 Å². The summed E-state index contributed by atoms with van der Waals surface area (Å²) in [7, 11) is 3.61. The van der Waals surface area contributed by atoms with Gasteiger partial charge in [-0.3, -0.25) is 9.58 Å². The topological polar surface area (TPSA) is 52.4 Å². The number of aromatic nitrogens is 3. The van der Waals surface area contributed by atoms with Gasteiger partial charge in [-0.05, 0) is 24.5 Å². The minimum Gasteiger partial charge on any atom is -0.481 e.